The minimum absolute atomic E-state index is 0.236. The van der Waals surface area contributed by atoms with E-state index in [0.717, 1.165) is 21.7 Å². The molecule has 0 saturated heterocycles. The molecule has 2 aromatic rings. The topological polar surface area (TPSA) is 12.0 Å². The van der Waals surface area contributed by atoms with Crippen LogP contribution in [-0.2, 0) is 6.54 Å². The molecule has 0 heterocycles. The highest BCUT2D eigenvalue weighted by Gasteiger charge is 2.08. The van der Waals surface area contributed by atoms with Crippen LogP contribution in [0.15, 0.2) is 39.3 Å². The number of hydrogen-bond donors (Lipinski definition) is 1. The summed E-state index contributed by atoms with van der Waals surface area (Å²) in [6, 6.07) is 8.19. The molecule has 0 aliphatic heterocycles. The van der Waals surface area contributed by atoms with Crippen molar-refractivity contribution < 1.29 is 8.78 Å². The number of hydrogen-bond acceptors (Lipinski definition) is 1. The first-order chi connectivity index (χ1) is 8.97. The van der Waals surface area contributed by atoms with Crippen LogP contribution >= 0.6 is 31.9 Å². The second-order valence-electron chi connectivity index (χ2n) is 4.19. The molecule has 1 N–H and O–H groups in total. The Balaban J connectivity index is 2.16. The summed E-state index contributed by atoms with van der Waals surface area (Å²) in [5, 5.41) is 2.96. The van der Waals surface area contributed by atoms with Gasteiger partial charge in [-0.15, -0.1) is 0 Å². The molecule has 0 bridgehead atoms. The van der Waals surface area contributed by atoms with E-state index < -0.39 is 11.6 Å². The summed E-state index contributed by atoms with van der Waals surface area (Å²) in [6.07, 6.45) is 0. The number of rotatable bonds is 3. The van der Waals surface area contributed by atoms with Gasteiger partial charge in [0.25, 0.3) is 0 Å². The largest absolute Gasteiger partial charge is 0.379 e. The predicted octanol–water partition coefficient (Wildman–Crippen LogP) is 5.41. The maximum atomic E-state index is 13.6. The molecule has 0 aromatic heterocycles. The van der Waals surface area contributed by atoms with Gasteiger partial charge in [0.05, 0.1) is 10.2 Å². The number of nitrogens with one attached hydrogen (secondary N) is 1. The normalized spacial score (nSPS) is 10.6. The summed E-state index contributed by atoms with van der Waals surface area (Å²) in [5.41, 5.74) is 2.41. The van der Waals surface area contributed by atoms with Crippen LogP contribution in [0, 0.1) is 18.6 Å². The predicted molar refractivity (Wildman–Crippen MR) is 80.3 cm³/mol. The van der Waals surface area contributed by atoms with Crippen molar-refractivity contribution in [1.82, 2.24) is 0 Å². The Labute approximate surface area is 127 Å². The van der Waals surface area contributed by atoms with Crippen LogP contribution in [-0.4, -0.2) is 0 Å². The smallest absolute Gasteiger partial charge is 0.149 e. The van der Waals surface area contributed by atoms with Crippen molar-refractivity contribution in [2.24, 2.45) is 0 Å². The maximum Gasteiger partial charge on any atom is 0.149 e. The minimum atomic E-state index is -0.612. The van der Waals surface area contributed by atoms with Gasteiger partial charge in [-0.3, -0.25) is 0 Å². The van der Waals surface area contributed by atoms with Crippen LogP contribution in [0.4, 0.5) is 14.5 Å². The Bertz CT molecular complexity index is 615. The molecule has 0 aliphatic carbocycles. The van der Waals surface area contributed by atoms with Gasteiger partial charge in [0.15, 0.2) is 0 Å². The number of benzene rings is 2. The van der Waals surface area contributed by atoms with Crippen LogP contribution in [0.25, 0.3) is 0 Å². The van der Waals surface area contributed by atoms with Crippen molar-refractivity contribution in [2.45, 2.75) is 13.5 Å². The first-order valence-corrected chi connectivity index (χ1v) is 7.19. The Morgan fingerprint density at radius 3 is 2.42 bits per heavy atom. The maximum absolute atomic E-state index is 13.6. The quantitative estimate of drug-likeness (QED) is 0.691. The summed E-state index contributed by atoms with van der Waals surface area (Å²) in [7, 11) is 0. The molecule has 100 valence electrons. The molecule has 2 aromatic carbocycles. The van der Waals surface area contributed by atoms with Gasteiger partial charge in [0, 0.05) is 17.1 Å². The molecular weight excluding hydrogens is 380 g/mol. The van der Waals surface area contributed by atoms with Gasteiger partial charge in [-0.25, -0.2) is 8.78 Å². The fraction of sp³-hybridized carbons (Fsp3) is 0.143. The fourth-order valence-electron chi connectivity index (χ4n) is 1.64. The summed E-state index contributed by atoms with van der Waals surface area (Å²) in [4.78, 5) is 0. The summed E-state index contributed by atoms with van der Waals surface area (Å²) in [5.74, 6) is -1.22. The van der Waals surface area contributed by atoms with Crippen LogP contribution in [0.3, 0.4) is 0 Å². The third kappa shape index (κ3) is 3.54. The highest BCUT2D eigenvalue weighted by atomic mass is 79.9. The highest BCUT2D eigenvalue weighted by molar-refractivity contribution is 9.10. The third-order valence-corrected chi connectivity index (χ3v) is 4.03. The van der Waals surface area contributed by atoms with Gasteiger partial charge in [0.2, 0.25) is 0 Å². The van der Waals surface area contributed by atoms with Crippen LogP contribution in [0.2, 0.25) is 0 Å². The molecule has 0 saturated carbocycles. The third-order valence-electron chi connectivity index (χ3n) is 2.69. The lowest BCUT2D eigenvalue weighted by Crippen LogP contribution is -2.03. The Hall–Kier alpha value is -0.940. The zero-order chi connectivity index (χ0) is 14.0. The van der Waals surface area contributed by atoms with E-state index in [2.05, 4.69) is 37.2 Å². The summed E-state index contributed by atoms with van der Waals surface area (Å²) < 4.78 is 27.9. The van der Waals surface area contributed by atoms with Gasteiger partial charge in [-0.1, -0.05) is 28.1 Å². The number of aryl methyl sites for hydroxylation is 1. The Kier molecular flexibility index (Phi) is 4.58. The Morgan fingerprint density at radius 1 is 1.00 bits per heavy atom. The lowest BCUT2D eigenvalue weighted by atomic mass is 10.1. The van der Waals surface area contributed by atoms with Gasteiger partial charge >= 0.3 is 0 Å². The van der Waals surface area contributed by atoms with Crippen molar-refractivity contribution in [1.29, 1.82) is 0 Å². The molecule has 0 amide bonds. The summed E-state index contributed by atoms with van der Waals surface area (Å²) >= 11 is 6.50. The van der Waals surface area contributed by atoms with E-state index in [1.54, 1.807) is 0 Å². The number of anilines is 1. The van der Waals surface area contributed by atoms with Crippen molar-refractivity contribution >= 4 is 37.5 Å². The lowest BCUT2D eigenvalue weighted by Gasteiger charge is -2.10. The second kappa shape index (κ2) is 6.01. The molecule has 0 aliphatic rings. The van der Waals surface area contributed by atoms with Gasteiger partial charge in [0.1, 0.15) is 11.6 Å². The van der Waals surface area contributed by atoms with E-state index in [4.69, 9.17) is 0 Å². The molecule has 5 heteroatoms. The molecule has 0 unspecified atom stereocenters. The first kappa shape index (κ1) is 14.5. The molecule has 19 heavy (non-hydrogen) atoms. The molecule has 0 spiro atoms. The SMILES string of the molecule is Cc1ccc(CNc2cc(Br)c(F)cc2F)c(Br)c1. The average Bonchev–Trinajstić information content (AvgIpc) is 2.34. The zero-order valence-corrected chi connectivity index (χ0v) is 13.3. The molecule has 2 rings (SSSR count). The van der Waals surface area contributed by atoms with E-state index >= 15 is 0 Å². The zero-order valence-electron chi connectivity index (χ0n) is 10.1. The van der Waals surface area contributed by atoms with Gasteiger partial charge in [-0.05, 0) is 46.1 Å². The Morgan fingerprint density at radius 2 is 1.74 bits per heavy atom. The molecule has 1 nitrogen and oxygen atoms in total. The van der Waals surface area contributed by atoms with Crippen molar-refractivity contribution in [3.63, 3.8) is 0 Å². The van der Waals surface area contributed by atoms with Crippen molar-refractivity contribution in [3.05, 3.63) is 62.0 Å². The molecule has 0 radical (unpaired) electrons. The van der Waals surface area contributed by atoms with E-state index in [-0.39, 0.29) is 10.2 Å². The van der Waals surface area contributed by atoms with Crippen molar-refractivity contribution in [2.75, 3.05) is 5.32 Å². The van der Waals surface area contributed by atoms with E-state index in [1.807, 2.05) is 25.1 Å². The van der Waals surface area contributed by atoms with Crippen LogP contribution < -0.4 is 5.32 Å². The van der Waals surface area contributed by atoms with Crippen LogP contribution in [0.1, 0.15) is 11.1 Å². The monoisotopic (exact) mass is 389 g/mol. The first-order valence-electron chi connectivity index (χ1n) is 5.61. The van der Waals surface area contributed by atoms with E-state index in [1.165, 1.54) is 6.07 Å². The molecule has 0 fully saturated rings. The summed E-state index contributed by atoms with van der Waals surface area (Å²) in [6.45, 7) is 2.45. The lowest BCUT2D eigenvalue weighted by molar-refractivity contribution is 0.580. The second-order valence-corrected chi connectivity index (χ2v) is 5.90. The number of halogens is 4. The van der Waals surface area contributed by atoms with E-state index in [9.17, 15) is 8.78 Å². The highest BCUT2D eigenvalue weighted by Crippen LogP contribution is 2.25. The molecule has 0 atom stereocenters. The minimum Gasteiger partial charge on any atom is -0.379 e. The standard InChI is InChI=1S/C14H11Br2F2N/c1-8-2-3-9(10(15)4-8)7-19-14-5-11(16)12(17)6-13(14)18/h2-6,19H,7H2,1H3. The van der Waals surface area contributed by atoms with Gasteiger partial charge in [-0.2, -0.15) is 0 Å². The average molecular weight is 391 g/mol. The van der Waals surface area contributed by atoms with E-state index in [0.29, 0.717) is 6.54 Å². The van der Waals surface area contributed by atoms with Crippen LogP contribution in [0.5, 0.6) is 0 Å². The molecular formula is C14H11Br2F2N. The fourth-order valence-corrected chi connectivity index (χ4v) is 2.62. The van der Waals surface area contributed by atoms with Crippen molar-refractivity contribution in [3.8, 4) is 0 Å². The van der Waals surface area contributed by atoms with Gasteiger partial charge < -0.3 is 5.32 Å².